The maximum Gasteiger partial charge on any atom is 0.338 e. The zero-order chi connectivity index (χ0) is 25.4. The van der Waals surface area contributed by atoms with Gasteiger partial charge in [0.25, 0.3) is 5.91 Å². The monoisotopic (exact) mass is 499 g/mol. The lowest BCUT2D eigenvalue weighted by Crippen LogP contribution is -2.38. The van der Waals surface area contributed by atoms with Crippen LogP contribution in [-0.2, 0) is 19.1 Å². The van der Waals surface area contributed by atoms with Gasteiger partial charge in [-0.25, -0.2) is 4.79 Å². The van der Waals surface area contributed by atoms with Crippen LogP contribution in [0.15, 0.2) is 48.5 Å². The van der Waals surface area contributed by atoms with Crippen molar-refractivity contribution in [2.45, 2.75) is 25.8 Å². The number of amides is 2. The van der Waals surface area contributed by atoms with Crippen molar-refractivity contribution < 1.29 is 28.6 Å². The highest BCUT2D eigenvalue weighted by Gasteiger charge is 2.43. The predicted molar refractivity (Wildman–Crippen MR) is 136 cm³/mol. The summed E-state index contributed by atoms with van der Waals surface area (Å²) in [6, 6.07) is 12.6. The van der Waals surface area contributed by atoms with Crippen molar-refractivity contribution in [3.05, 3.63) is 54.1 Å². The minimum absolute atomic E-state index is 0.0851. The Hall–Kier alpha value is -3.50. The standard InChI is InChI=1S/C25H29N3O6S/c1-4-34-24(31)17-6-8-18(9-7-17)26-22(29)16-21-23(30)28(19-10-12-20(33-3)13-11-19)25(35)27(21)14-5-15-32-2/h6-13,21H,4-5,14-16H2,1-3H3,(H,26,29). The van der Waals surface area contributed by atoms with Gasteiger partial charge in [0, 0.05) is 25.9 Å². The molecule has 0 spiro atoms. The van der Waals surface area contributed by atoms with E-state index < -0.39 is 12.0 Å². The van der Waals surface area contributed by atoms with E-state index in [1.165, 1.54) is 4.90 Å². The Balaban J connectivity index is 1.74. The van der Waals surface area contributed by atoms with Crippen LogP contribution in [0, 0.1) is 0 Å². The number of carbonyl (C=O) groups excluding carboxylic acids is 3. The first-order valence-corrected chi connectivity index (χ1v) is 11.6. The number of hydrogen-bond donors (Lipinski definition) is 1. The van der Waals surface area contributed by atoms with E-state index >= 15 is 0 Å². The number of nitrogens with one attached hydrogen (secondary N) is 1. The van der Waals surface area contributed by atoms with Crippen molar-refractivity contribution in [2.24, 2.45) is 0 Å². The molecule has 0 aliphatic carbocycles. The van der Waals surface area contributed by atoms with Gasteiger partial charge in [0.2, 0.25) is 5.91 Å². The minimum atomic E-state index is -0.750. The lowest BCUT2D eigenvalue weighted by molar-refractivity contribution is -0.124. The summed E-state index contributed by atoms with van der Waals surface area (Å²) < 4.78 is 15.3. The maximum absolute atomic E-state index is 13.4. The molecule has 0 aromatic heterocycles. The van der Waals surface area contributed by atoms with Gasteiger partial charge in [-0.1, -0.05) is 0 Å². The molecule has 1 unspecified atom stereocenters. The summed E-state index contributed by atoms with van der Waals surface area (Å²) in [6.07, 6.45) is 0.562. The first-order chi connectivity index (χ1) is 16.9. The summed E-state index contributed by atoms with van der Waals surface area (Å²) in [7, 11) is 3.17. The molecule has 2 aromatic rings. The zero-order valence-corrected chi connectivity index (χ0v) is 20.8. The zero-order valence-electron chi connectivity index (χ0n) is 20.0. The SMILES string of the molecule is CCOC(=O)c1ccc(NC(=O)CC2C(=O)N(c3ccc(OC)cc3)C(=S)N2CCCOC)cc1. The number of rotatable bonds is 11. The third-order valence-electron chi connectivity index (χ3n) is 5.46. The topological polar surface area (TPSA) is 97.4 Å². The van der Waals surface area contributed by atoms with Crippen LogP contribution in [-0.4, -0.2) is 67.8 Å². The van der Waals surface area contributed by atoms with Crippen LogP contribution in [0.5, 0.6) is 5.75 Å². The van der Waals surface area contributed by atoms with E-state index in [-0.39, 0.29) is 24.8 Å². The Bertz CT molecular complexity index is 1060. The second-order valence-electron chi connectivity index (χ2n) is 7.76. The molecule has 1 aliphatic heterocycles. The van der Waals surface area contributed by atoms with Gasteiger partial charge in [-0.15, -0.1) is 0 Å². The fourth-order valence-electron chi connectivity index (χ4n) is 3.73. The fraction of sp³-hybridized carbons (Fsp3) is 0.360. The van der Waals surface area contributed by atoms with Crippen molar-refractivity contribution in [3.63, 3.8) is 0 Å². The predicted octanol–water partition coefficient (Wildman–Crippen LogP) is 3.24. The van der Waals surface area contributed by atoms with Crippen LogP contribution < -0.4 is 15.0 Å². The van der Waals surface area contributed by atoms with E-state index in [9.17, 15) is 14.4 Å². The summed E-state index contributed by atoms with van der Waals surface area (Å²) in [4.78, 5) is 41.3. The largest absolute Gasteiger partial charge is 0.497 e. The van der Waals surface area contributed by atoms with E-state index in [2.05, 4.69) is 5.32 Å². The van der Waals surface area contributed by atoms with Crippen LogP contribution in [0.3, 0.4) is 0 Å². The molecule has 1 N–H and O–H groups in total. The lowest BCUT2D eigenvalue weighted by atomic mass is 10.1. The Morgan fingerprint density at radius 2 is 1.74 bits per heavy atom. The molecule has 186 valence electrons. The number of anilines is 2. The quantitative estimate of drug-likeness (QED) is 0.286. The second kappa shape index (κ2) is 12.3. The van der Waals surface area contributed by atoms with Crippen LogP contribution in [0.1, 0.15) is 30.1 Å². The molecular formula is C25H29N3O6S. The van der Waals surface area contributed by atoms with E-state index in [1.54, 1.807) is 74.6 Å². The van der Waals surface area contributed by atoms with Gasteiger partial charge in [0.1, 0.15) is 11.8 Å². The molecule has 2 aromatic carbocycles. The molecule has 9 nitrogen and oxygen atoms in total. The molecule has 0 radical (unpaired) electrons. The average molecular weight is 500 g/mol. The summed E-state index contributed by atoms with van der Waals surface area (Å²) in [5.41, 5.74) is 1.50. The van der Waals surface area contributed by atoms with Crippen molar-refractivity contribution in [3.8, 4) is 5.75 Å². The van der Waals surface area contributed by atoms with E-state index in [4.69, 9.17) is 26.4 Å². The molecule has 1 atom stereocenters. The van der Waals surface area contributed by atoms with Gasteiger partial charge in [-0.05, 0) is 74.1 Å². The summed E-state index contributed by atoms with van der Waals surface area (Å²) in [5.74, 6) is -0.386. The lowest BCUT2D eigenvalue weighted by Gasteiger charge is -2.23. The van der Waals surface area contributed by atoms with Crippen molar-refractivity contribution >= 4 is 46.5 Å². The second-order valence-corrected chi connectivity index (χ2v) is 8.13. The van der Waals surface area contributed by atoms with Crippen molar-refractivity contribution in [1.29, 1.82) is 0 Å². The molecule has 1 heterocycles. The Labute approximate surface area is 209 Å². The molecule has 0 bridgehead atoms. The molecule has 3 rings (SSSR count). The molecule has 35 heavy (non-hydrogen) atoms. The number of methoxy groups -OCH3 is 2. The first-order valence-electron chi connectivity index (χ1n) is 11.2. The third-order valence-corrected chi connectivity index (χ3v) is 5.87. The average Bonchev–Trinajstić information content (AvgIpc) is 3.08. The van der Waals surface area contributed by atoms with Crippen LogP contribution in [0.25, 0.3) is 0 Å². The number of benzene rings is 2. The minimum Gasteiger partial charge on any atom is -0.497 e. The maximum atomic E-state index is 13.4. The van der Waals surface area contributed by atoms with Gasteiger partial charge >= 0.3 is 5.97 Å². The van der Waals surface area contributed by atoms with Crippen molar-refractivity contribution in [2.75, 3.05) is 44.2 Å². The highest BCUT2D eigenvalue weighted by molar-refractivity contribution is 7.80. The summed E-state index contributed by atoms with van der Waals surface area (Å²) in [6.45, 7) is 2.98. The van der Waals surface area contributed by atoms with Crippen molar-refractivity contribution in [1.82, 2.24) is 4.90 Å². The van der Waals surface area contributed by atoms with Gasteiger partial charge in [0.15, 0.2) is 5.11 Å². The summed E-state index contributed by atoms with van der Waals surface area (Å²) in [5, 5.41) is 3.13. The third kappa shape index (κ3) is 6.34. The Morgan fingerprint density at radius 3 is 2.34 bits per heavy atom. The Kier molecular flexibility index (Phi) is 9.16. The normalized spacial score (nSPS) is 15.3. The van der Waals surface area contributed by atoms with Gasteiger partial charge < -0.3 is 24.4 Å². The highest BCUT2D eigenvalue weighted by Crippen LogP contribution is 2.29. The molecule has 1 fully saturated rings. The van der Waals surface area contributed by atoms with Gasteiger partial charge in [0.05, 0.1) is 31.4 Å². The molecule has 1 saturated heterocycles. The van der Waals surface area contributed by atoms with Crippen LogP contribution in [0.4, 0.5) is 11.4 Å². The van der Waals surface area contributed by atoms with Gasteiger partial charge in [-0.3, -0.25) is 14.5 Å². The number of esters is 1. The van der Waals surface area contributed by atoms with Crippen LogP contribution >= 0.6 is 12.2 Å². The smallest absolute Gasteiger partial charge is 0.338 e. The number of hydrogen-bond acceptors (Lipinski definition) is 7. The van der Waals surface area contributed by atoms with E-state index in [0.717, 1.165) is 0 Å². The molecule has 10 heteroatoms. The molecule has 2 amide bonds. The number of thiocarbonyl (C=S) groups is 1. The molecular weight excluding hydrogens is 470 g/mol. The molecule has 0 saturated carbocycles. The van der Waals surface area contributed by atoms with E-state index in [0.29, 0.717) is 47.4 Å². The Morgan fingerprint density at radius 1 is 1.06 bits per heavy atom. The first kappa shape index (κ1) is 26.1. The van der Waals surface area contributed by atoms with E-state index in [1.807, 2.05) is 0 Å². The number of carbonyl (C=O) groups is 3. The summed E-state index contributed by atoms with van der Waals surface area (Å²) >= 11 is 5.64. The number of ether oxygens (including phenoxy) is 3. The van der Waals surface area contributed by atoms with Crippen LogP contribution in [0.2, 0.25) is 0 Å². The highest BCUT2D eigenvalue weighted by atomic mass is 32.1. The number of nitrogens with zero attached hydrogens (tertiary/aromatic N) is 2. The van der Waals surface area contributed by atoms with Gasteiger partial charge in [-0.2, -0.15) is 0 Å². The molecule has 1 aliphatic rings. The fourth-order valence-corrected chi connectivity index (χ4v) is 4.14.